The van der Waals surface area contributed by atoms with Gasteiger partial charge in [0, 0.05) is 22.6 Å². The van der Waals surface area contributed by atoms with Crippen molar-refractivity contribution in [3.63, 3.8) is 0 Å². The maximum Gasteiger partial charge on any atom is 0.169 e. The van der Waals surface area contributed by atoms with Crippen LogP contribution in [0.3, 0.4) is 0 Å². The van der Waals surface area contributed by atoms with Crippen LogP contribution in [0.2, 0.25) is 5.02 Å². The second-order valence-electron chi connectivity index (χ2n) is 6.92. The fourth-order valence-corrected chi connectivity index (χ4v) is 3.68. The van der Waals surface area contributed by atoms with Gasteiger partial charge in [0.15, 0.2) is 5.76 Å². The van der Waals surface area contributed by atoms with E-state index in [2.05, 4.69) is 5.16 Å². The molecule has 0 radical (unpaired) electrons. The van der Waals surface area contributed by atoms with Crippen molar-refractivity contribution in [1.29, 1.82) is 0 Å². The number of aliphatic imine (C=N–C) groups is 1. The summed E-state index contributed by atoms with van der Waals surface area (Å²) in [5.41, 5.74) is 6.53. The third-order valence-corrected chi connectivity index (χ3v) is 5.26. The Morgan fingerprint density at radius 3 is 2.59 bits per heavy atom. The maximum absolute atomic E-state index is 11.9. The molecular formula is C22H19ClN2O2. The van der Waals surface area contributed by atoms with E-state index in [0.717, 1.165) is 39.2 Å². The molecule has 1 aliphatic rings. The molecule has 2 aromatic carbocycles. The highest BCUT2D eigenvalue weighted by Gasteiger charge is 2.30. The first-order chi connectivity index (χ1) is 13.0. The zero-order chi connectivity index (χ0) is 19.1. The molecule has 1 aromatic heterocycles. The maximum atomic E-state index is 11.9. The van der Waals surface area contributed by atoms with Crippen LogP contribution < -0.4 is 0 Å². The molecule has 27 heavy (non-hydrogen) atoms. The first-order valence-electron chi connectivity index (χ1n) is 8.85. The van der Waals surface area contributed by atoms with Gasteiger partial charge in [-0.15, -0.1) is 0 Å². The average Bonchev–Trinajstić information content (AvgIpc) is 2.96. The number of carbonyl (C=O) groups excluding carboxylic acids is 1. The number of nitrogens with zero attached hydrogens (tertiary/aromatic N) is 2. The van der Waals surface area contributed by atoms with Crippen LogP contribution in [-0.2, 0) is 4.79 Å². The average molecular weight is 379 g/mol. The lowest BCUT2D eigenvalue weighted by Gasteiger charge is -2.12. The molecule has 0 spiro atoms. The van der Waals surface area contributed by atoms with Crippen molar-refractivity contribution >= 4 is 23.1 Å². The Kier molecular flexibility index (Phi) is 4.44. The molecule has 0 fully saturated rings. The van der Waals surface area contributed by atoms with Crippen LogP contribution in [0.25, 0.3) is 11.1 Å². The van der Waals surface area contributed by atoms with Crippen LogP contribution in [0, 0.1) is 13.8 Å². The normalized spacial score (nSPS) is 15.6. The summed E-state index contributed by atoms with van der Waals surface area (Å²) < 4.78 is 5.63. The molecule has 0 amide bonds. The van der Waals surface area contributed by atoms with Crippen LogP contribution in [0.15, 0.2) is 52.0 Å². The molecule has 3 aromatic rings. The Hall–Kier alpha value is -2.72. The van der Waals surface area contributed by atoms with Crippen LogP contribution >= 0.6 is 11.6 Å². The number of hydrogen-bond acceptors (Lipinski definition) is 4. The van der Waals surface area contributed by atoms with E-state index in [1.807, 2.05) is 56.3 Å². The molecule has 1 aliphatic heterocycles. The highest BCUT2D eigenvalue weighted by atomic mass is 35.5. The number of benzene rings is 2. The predicted octanol–water partition coefficient (Wildman–Crippen LogP) is 5.48. The first kappa shape index (κ1) is 17.7. The van der Waals surface area contributed by atoms with Gasteiger partial charge in [0.05, 0.1) is 17.0 Å². The Morgan fingerprint density at radius 2 is 1.89 bits per heavy atom. The highest BCUT2D eigenvalue weighted by molar-refractivity contribution is 6.31. The zero-order valence-electron chi connectivity index (χ0n) is 15.4. The van der Waals surface area contributed by atoms with Crippen molar-refractivity contribution in [1.82, 2.24) is 5.16 Å². The summed E-state index contributed by atoms with van der Waals surface area (Å²) in [7, 11) is 0. The summed E-state index contributed by atoms with van der Waals surface area (Å²) in [6, 6.07) is 13.5. The smallest absolute Gasteiger partial charge is 0.169 e. The summed E-state index contributed by atoms with van der Waals surface area (Å²) >= 11 is 6.22. The lowest BCUT2D eigenvalue weighted by molar-refractivity contribution is -0.117. The van der Waals surface area contributed by atoms with E-state index < -0.39 is 6.04 Å². The number of aryl methyl sites for hydroxylation is 2. The molecule has 0 saturated carbocycles. The second kappa shape index (κ2) is 6.78. The van der Waals surface area contributed by atoms with Crippen LogP contribution in [0.4, 0.5) is 0 Å². The molecular weight excluding hydrogens is 360 g/mol. The first-order valence-corrected chi connectivity index (χ1v) is 9.23. The third kappa shape index (κ3) is 3.10. The van der Waals surface area contributed by atoms with Gasteiger partial charge >= 0.3 is 0 Å². The standard InChI is InChI=1S/C22H19ClN2O2/c1-12-10-15(8-9-18(12)23)21-17-7-5-4-6-16(17)20-14(3)25-27-22(20)19(24-21)11-13(2)26/h4-10,19H,11H2,1-3H3/t19-/m0/s1. The van der Waals surface area contributed by atoms with Gasteiger partial charge in [0.2, 0.25) is 0 Å². The fraction of sp³-hybridized carbons (Fsp3) is 0.227. The van der Waals surface area contributed by atoms with Gasteiger partial charge in [-0.25, -0.2) is 0 Å². The fourth-order valence-electron chi connectivity index (χ4n) is 3.57. The van der Waals surface area contributed by atoms with Gasteiger partial charge in [-0.3, -0.25) is 9.79 Å². The number of aromatic nitrogens is 1. The van der Waals surface area contributed by atoms with E-state index in [1.165, 1.54) is 0 Å². The third-order valence-electron chi connectivity index (χ3n) is 4.84. The number of ketones is 1. The molecule has 0 N–H and O–H groups in total. The van der Waals surface area contributed by atoms with Crippen LogP contribution in [0.5, 0.6) is 0 Å². The predicted molar refractivity (Wildman–Crippen MR) is 107 cm³/mol. The van der Waals surface area contributed by atoms with Crippen molar-refractivity contribution in [2.75, 3.05) is 0 Å². The van der Waals surface area contributed by atoms with Gasteiger partial charge in [-0.05, 0) is 44.0 Å². The van der Waals surface area contributed by atoms with Crippen molar-refractivity contribution in [3.8, 4) is 11.1 Å². The van der Waals surface area contributed by atoms with E-state index in [-0.39, 0.29) is 12.2 Å². The second-order valence-corrected chi connectivity index (χ2v) is 7.32. The van der Waals surface area contributed by atoms with Gasteiger partial charge < -0.3 is 4.52 Å². The molecule has 4 rings (SSSR count). The molecule has 0 bridgehead atoms. The van der Waals surface area contributed by atoms with E-state index in [9.17, 15) is 4.79 Å². The Labute approximate surface area is 162 Å². The minimum Gasteiger partial charge on any atom is -0.358 e. The Balaban J connectivity index is 2.01. The minimum atomic E-state index is -0.405. The van der Waals surface area contributed by atoms with E-state index in [0.29, 0.717) is 10.8 Å². The quantitative estimate of drug-likeness (QED) is 0.606. The molecule has 2 heterocycles. The highest BCUT2D eigenvalue weighted by Crippen LogP contribution is 2.40. The molecule has 4 nitrogen and oxygen atoms in total. The number of carbonyl (C=O) groups is 1. The molecule has 0 saturated heterocycles. The van der Waals surface area contributed by atoms with Crippen molar-refractivity contribution in [2.45, 2.75) is 33.2 Å². The van der Waals surface area contributed by atoms with Crippen LogP contribution in [-0.4, -0.2) is 16.7 Å². The van der Waals surface area contributed by atoms with Gasteiger partial charge in [0.25, 0.3) is 0 Å². The van der Waals surface area contributed by atoms with E-state index in [1.54, 1.807) is 6.92 Å². The lowest BCUT2D eigenvalue weighted by atomic mass is 9.92. The van der Waals surface area contributed by atoms with Crippen molar-refractivity contribution < 1.29 is 9.32 Å². The molecule has 136 valence electrons. The largest absolute Gasteiger partial charge is 0.358 e. The summed E-state index contributed by atoms with van der Waals surface area (Å²) in [6.45, 7) is 5.46. The van der Waals surface area contributed by atoms with Crippen molar-refractivity contribution in [2.24, 2.45) is 4.99 Å². The summed E-state index contributed by atoms with van der Waals surface area (Å²) in [6.07, 6.45) is 0.270. The van der Waals surface area contributed by atoms with Gasteiger partial charge in [-0.1, -0.05) is 47.1 Å². The van der Waals surface area contributed by atoms with Crippen LogP contribution in [0.1, 0.15) is 47.5 Å². The molecule has 0 aliphatic carbocycles. The van der Waals surface area contributed by atoms with E-state index >= 15 is 0 Å². The summed E-state index contributed by atoms with van der Waals surface area (Å²) in [5, 5.41) is 4.86. The summed E-state index contributed by atoms with van der Waals surface area (Å²) in [5.74, 6) is 0.706. The van der Waals surface area contributed by atoms with Crippen molar-refractivity contribution in [3.05, 3.63) is 75.6 Å². The molecule has 0 unspecified atom stereocenters. The molecule has 5 heteroatoms. The minimum absolute atomic E-state index is 0.0568. The Bertz CT molecular complexity index is 1080. The SMILES string of the molecule is CC(=O)C[C@@H]1N=C(c2ccc(Cl)c(C)c2)c2ccccc2-c2c(C)noc21. The number of hydrogen-bond donors (Lipinski definition) is 0. The monoisotopic (exact) mass is 378 g/mol. The number of rotatable bonds is 3. The van der Waals surface area contributed by atoms with Gasteiger partial charge in [0.1, 0.15) is 11.8 Å². The molecule has 1 atom stereocenters. The topological polar surface area (TPSA) is 55.5 Å². The zero-order valence-corrected chi connectivity index (χ0v) is 16.2. The van der Waals surface area contributed by atoms with E-state index in [4.69, 9.17) is 21.1 Å². The lowest BCUT2D eigenvalue weighted by Crippen LogP contribution is -2.08. The number of halogens is 1. The summed E-state index contributed by atoms with van der Waals surface area (Å²) in [4.78, 5) is 16.9. The number of fused-ring (bicyclic) bond motifs is 3. The Morgan fingerprint density at radius 1 is 1.15 bits per heavy atom. The van der Waals surface area contributed by atoms with Gasteiger partial charge in [-0.2, -0.15) is 0 Å². The number of Topliss-reactive ketones (excluding diaryl/α,β-unsaturated/α-hetero) is 1.